The summed E-state index contributed by atoms with van der Waals surface area (Å²) in [6, 6.07) is 0. The molecule has 0 aromatic carbocycles. The van der Waals surface area contributed by atoms with E-state index in [9.17, 15) is 0 Å². The van der Waals surface area contributed by atoms with Crippen molar-refractivity contribution in [3.63, 3.8) is 0 Å². The lowest BCUT2D eigenvalue weighted by Gasteiger charge is -2.18. The molecule has 0 rings (SSSR count). The van der Waals surface area contributed by atoms with Crippen LogP contribution in [0, 0.1) is 0 Å². The Morgan fingerprint density at radius 3 is 0.828 bits per heavy atom. The maximum absolute atomic E-state index is 7.23. The van der Waals surface area contributed by atoms with Gasteiger partial charge in [-0.15, -0.1) is 7.92 Å². The summed E-state index contributed by atoms with van der Waals surface area (Å²) in [4.78, 5) is 21.7. The van der Waals surface area contributed by atoms with Crippen LogP contribution in [0.1, 0.15) is 136 Å². The van der Waals surface area contributed by atoms with Gasteiger partial charge in [-0.2, -0.15) is 0 Å². The topological polar surface area (TPSA) is 60.7 Å². The molecule has 178 valence electrons. The van der Waals surface area contributed by atoms with Gasteiger partial charge in [-0.05, 0) is 37.7 Å². The lowest BCUT2D eigenvalue weighted by Crippen LogP contribution is -1.97. The molecule has 0 saturated carbocycles. The minimum absolute atomic E-state index is 0.366. The predicted octanol–water partition coefficient (Wildman–Crippen LogP) is 8.74. The minimum atomic E-state index is -2.62. The van der Waals surface area contributed by atoms with Crippen LogP contribution >= 0.6 is 16.5 Å². The van der Waals surface area contributed by atoms with Crippen molar-refractivity contribution in [2.75, 3.05) is 18.5 Å². The number of hydrogen-bond donors (Lipinski definition) is 3. The number of hydrogen-bond acceptors (Lipinski definition) is 3. The molecule has 0 aliphatic carbocycles. The van der Waals surface area contributed by atoms with Crippen molar-refractivity contribution >= 4 is 16.5 Å². The molecule has 0 aliphatic heterocycles. The van der Waals surface area contributed by atoms with Crippen LogP contribution in [0.5, 0.6) is 0 Å². The van der Waals surface area contributed by atoms with Gasteiger partial charge in [0.25, 0.3) is 0 Å². The minimum Gasteiger partial charge on any atom is -0.328 e. The monoisotopic (exact) mass is 452 g/mol. The van der Waals surface area contributed by atoms with Crippen LogP contribution in [-0.2, 0) is 0 Å². The SMILES string of the molecule is CCCCCCCCP(CCCCCCCC)CCCCCCCC.OP(O)O. The van der Waals surface area contributed by atoms with Gasteiger partial charge in [0, 0.05) is 0 Å². The summed E-state index contributed by atoms with van der Waals surface area (Å²) in [5, 5.41) is 0. The zero-order valence-electron chi connectivity index (χ0n) is 20.1. The Morgan fingerprint density at radius 1 is 0.379 bits per heavy atom. The average molecular weight is 453 g/mol. The molecule has 3 N–H and O–H groups in total. The summed E-state index contributed by atoms with van der Waals surface area (Å²) in [5.74, 6) is 0. The first kappa shape index (κ1) is 31.9. The molecular weight excluding hydrogens is 398 g/mol. The van der Waals surface area contributed by atoms with Gasteiger partial charge in [0.05, 0.1) is 0 Å². The lowest BCUT2D eigenvalue weighted by atomic mass is 10.1. The van der Waals surface area contributed by atoms with Crippen LogP contribution in [0.2, 0.25) is 0 Å². The van der Waals surface area contributed by atoms with E-state index in [1.165, 1.54) is 116 Å². The molecule has 0 bridgehead atoms. The quantitative estimate of drug-likeness (QED) is 0.120. The highest BCUT2D eigenvalue weighted by Gasteiger charge is 2.07. The summed E-state index contributed by atoms with van der Waals surface area (Å²) < 4.78 is 0. The fraction of sp³-hybridized carbons (Fsp3) is 1.00. The first-order valence-corrected chi connectivity index (χ1v) is 15.8. The maximum atomic E-state index is 7.23. The number of rotatable bonds is 21. The zero-order valence-corrected chi connectivity index (χ0v) is 21.9. The van der Waals surface area contributed by atoms with Crippen molar-refractivity contribution in [3.8, 4) is 0 Å². The number of unbranched alkanes of at least 4 members (excludes halogenated alkanes) is 15. The highest BCUT2D eigenvalue weighted by atomic mass is 31.2. The second kappa shape index (κ2) is 28.7. The molecule has 0 amide bonds. The van der Waals surface area contributed by atoms with Crippen molar-refractivity contribution in [2.45, 2.75) is 136 Å². The van der Waals surface area contributed by atoms with Gasteiger partial charge in [-0.3, -0.25) is 0 Å². The zero-order chi connectivity index (χ0) is 22.0. The molecule has 3 nitrogen and oxygen atoms in total. The summed E-state index contributed by atoms with van der Waals surface area (Å²) in [6.07, 6.45) is 31.2. The van der Waals surface area contributed by atoms with E-state index in [1.807, 2.05) is 0 Å². The van der Waals surface area contributed by atoms with E-state index in [-0.39, 0.29) is 0 Å². The Morgan fingerprint density at radius 2 is 0.586 bits per heavy atom. The highest BCUT2D eigenvalue weighted by molar-refractivity contribution is 7.57. The van der Waals surface area contributed by atoms with E-state index in [4.69, 9.17) is 14.7 Å². The molecule has 0 unspecified atom stereocenters. The van der Waals surface area contributed by atoms with Gasteiger partial charge in [0.1, 0.15) is 0 Å². The molecule has 0 radical (unpaired) electrons. The van der Waals surface area contributed by atoms with E-state index < -0.39 is 8.60 Å². The molecule has 0 aromatic heterocycles. The van der Waals surface area contributed by atoms with Gasteiger partial charge >= 0.3 is 8.60 Å². The van der Waals surface area contributed by atoms with Gasteiger partial charge in [0.2, 0.25) is 0 Å². The average Bonchev–Trinajstić information content (AvgIpc) is 2.68. The Kier molecular flexibility index (Phi) is 31.6. The summed E-state index contributed by atoms with van der Waals surface area (Å²) >= 11 is 0. The standard InChI is InChI=1S/C24H51P.H3O3P/c1-4-7-10-13-16-19-22-25(23-20-17-14-11-8-5-2)24-21-18-15-12-9-6-3;1-4(2)3/h4-24H2,1-3H3;1-3H. The molecule has 0 heterocycles. The van der Waals surface area contributed by atoms with Crippen LogP contribution in [0.15, 0.2) is 0 Å². The van der Waals surface area contributed by atoms with Gasteiger partial charge < -0.3 is 14.7 Å². The van der Waals surface area contributed by atoms with Crippen molar-refractivity contribution in [3.05, 3.63) is 0 Å². The van der Waals surface area contributed by atoms with Gasteiger partial charge in [-0.25, -0.2) is 0 Å². The van der Waals surface area contributed by atoms with Crippen LogP contribution in [0.3, 0.4) is 0 Å². The Balaban J connectivity index is 0. The van der Waals surface area contributed by atoms with Gasteiger partial charge in [0.15, 0.2) is 0 Å². The van der Waals surface area contributed by atoms with Crippen LogP contribution < -0.4 is 0 Å². The van der Waals surface area contributed by atoms with E-state index in [1.54, 1.807) is 18.5 Å². The van der Waals surface area contributed by atoms with Gasteiger partial charge in [-0.1, -0.05) is 117 Å². The molecule has 0 fully saturated rings. The molecule has 5 heteroatoms. The van der Waals surface area contributed by atoms with E-state index in [0.717, 1.165) is 0 Å². The van der Waals surface area contributed by atoms with Crippen LogP contribution in [0.4, 0.5) is 0 Å². The summed E-state index contributed by atoms with van der Waals surface area (Å²) in [6.45, 7) is 6.96. The molecule has 0 spiro atoms. The van der Waals surface area contributed by atoms with Crippen molar-refractivity contribution < 1.29 is 14.7 Å². The Bertz CT molecular complexity index is 238. The van der Waals surface area contributed by atoms with E-state index in [0.29, 0.717) is 7.92 Å². The van der Waals surface area contributed by atoms with Crippen molar-refractivity contribution in [2.24, 2.45) is 0 Å². The van der Waals surface area contributed by atoms with Crippen LogP contribution in [-0.4, -0.2) is 33.2 Å². The lowest BCUT2D eigenvalue weighted by molar-refractivity contribution is 0.368. The van der Waals surface area contributed by atoms with E-state index >= 15 is 0 Å². The first-order chi connectivity index (χ1) is 14.1. The molecule has 29 heavy (non-hydrogen) atoms. The first-order valence-electron chi connectivity index (χ1n) is 12.7. The largest absolute Gasteiger partial charge is 0.328 e. The third kappa shape index (κ3) is 33.6. The normalized spacial score (nSPS) is 11.2. The van der Waals surface area contributed by atoms with Crippen molar-refractivity contribution in [1.29, 1.82) is 0 Å². The third-order valence-corrected chi connectivity index (χ3v) is 8.33. The van der Waals surface area contributed by atoms with E-state index in [2.05, 4.69) is 20.8 Å². The summed E-state index contributed by atoms with van der Waals surface area (Å²) in [5.41, 5.74) is 0. The molecule has 0 aliphatic rings. The molecular formula is C24H54O3P2. The second-order valence-corrected chi connectivity index (χ2v) is 11.6. The third-order valence-electron chi connectivity index (χ3n) is 5.48. The Hall–Kier alpha value is 0.740. The smallest absolute Gasteiger partial charge is 0.324 e. The molecule has 0 atom stereocenters. The predicted molar refractivity (Wildman–Crippen MR) is 135 cm³/mol. The van der Waals surface area contributed by atoms with Crippen molar-refractivity contribution in [1.82, 2.24) is 0 Å². The molecule has 0 aromatic rings. The highest BCUT2D eigenvalue weighted by Crippen LogP contribution is 2.39. The molecule has 0 saturated heterocycles. The maximum Gasteiger partial charge on any atom is 0.324 e. The Labute approximate surface area is 186 Å². The fourth-order valence-corrected chi connectivity index (χ4v) is 6.37. The second-order valence-electron chi connectivity index (χ2n) is 8.41. The fourth-order valence-electron chi connectivity index (χ4n) is 3.68. The van der Waals surface area contributed by atoms with Crippen LogP contribution in [0.25, 0.3) is 0 Å². The summed E-state index contributed by atoms with van der Waals surface area (Å²) in [7, 11) is -2.25.